The van der Waals surface area contributed by atoms with Gasteiger partial charge in [-0.2, -0.15) is 14.7 Å². The van der Waals surface area contributed by atoms with Gasteiger partial charge in [-0.3, -0.25) is 5.32 Å². The molecule has 0 unspecified atom stereocenters. The fraction of sp³-hybridized carbons (Fsp3) is 0.154. The van der Waals surface area contributed by atoms with Gasteiger partial charge >= 0.3 is 6.03 Å². The number of nitrogen functional groups attached to an aromatic ring is 1. The summed E-state index contributed by atoms with van der Waals surface area (Å²) in [5.74, 6) is 0.596. The normalized spacial score (nSPS) is 11.6. The molecule has 36 heavy (non-hydrogen) atoms. The number of carbonyl (C=O) groups excluding carboxylic acids is 1. The zero-order valence-electron chi connectivity index (χ0n) is 20.0. The van der Waals surface area contributed by atoms with Crippen molar-refractivity contribution in [1.82, 2.24) is 24.4 Å². The van der Waals surface area contributed by atoms with Crippen LogP contribution < -0.4 is 16.4 Å². The lowest BCUT2D eigenvalue weighted by Gasteiger charge is -2.14. The van der Waals surface area contributed by atoms with Gasteiger partial charge in [0.1, 0.15) is 17.5 Å². The third-order valence-electron chi connectivity index (χ3n) is 5.70. The van der Waals surface area contributed by atoms with Gasteiger partial charge in [0.15, 0.2) is 5.65 Å². The van der Waals surface area contributed by atoms with Gasteiger partial charge in [0.25, 0.3) is 0 Å². The van der Waals surface area contributed by atoms with E-state index in [0.717, 1.165) is 16.8 Å². The Morgan fingerprint density at radius 2 is 1.72 bits per heavy atom. The third kappa shape index (κ3) is 4.48. The van der Waals surface area contributed by atoms with Crippen molar-refractivity contribution in [2.24, 2.45) is 0 Å². The molecular weight excluding hydrogens is 459 g/mol. The predicted octanol–water partition coefficient (Wildman–Crippen LogP) is 5.24. The molecule has 0 saturated carbocycles. The van der Waals surface area contributed by atoms with Crippen LogP contribution in [0.15, 0.2) is 73.1 Å². The number of rotatable bonds is 4. The van der Waals surface area contributed by atoms with E-state index in [-0.39, 0.29) is 11.2 Å². The predicted molar refractivity (Wildman–Crippen MR) is 138 cm³/mol. The molecule has 0 aliphatic heterocycles. The topological polar surface area (TPSA) is 115 Å². The average molecular weight is 485 g/mol. The number of anilines is 3. The Morgan fingerprint density at radius 1 is 1.00 bits per heavy atom. The van der Waals surface area contributed by atoms with Gasteiger partial charge in [-0.05, 0) is 42.0 Å². The lowest BCUT2D eigenvalue weighted by Crippen LogP contribution is -2.21. The second-order valence-electron chi connectivity index (χ2n) is 9.37. The summed E-state index contributed by atoms with van der Waals surface area (Å²) < 4.78 is 16.6. The van der Waals surface area contributed by atoms with Gasteiger partial charge in [0, 0.05) is 35.0 Å². The van der Waals surface area contributed by atoms with Crippen LogP contribution in [0, 0.1) is 5.82 Å². The Labute approximate surface area is 206 Å². The summed E-state index contributed by atoms with van der Waals surface area (Å²) in [5.41, 5.74) is 10.3. The minimum Gasteiger partial charge on any atom is -0.383 e. The smallest absolute Gasteiger partial charge is 0.324 e. The van der Waals surface area contributed by atoms with E-state index in [4.69, 9.17) is 5.73 Å². The van der Waals surface area contributed by atoms with Crippen LogP contribution in [0.3, 0.4) is 0 Å². The van der Waals surface area contributed by atoms with E-state index in [1.165, 1.54) is 12.1 Å². The molecular formula is C26H25FN8O. The van der Waals surface area contributed by atoms with Gasteiger partial charge in [-0.1, -0.05) is 32.9 Å². The SMILES string of the molecule is CC(C)(C)c1cc(NC(=O)Nc2ccc(-c3cnc4ccnn4c3N)cc2)n(-c2ccc(F)cc2)n1. The number of fused-ring (bicyclic) bond motifs is 1. The molecule has 5 rings (SSSR count). The first-order valence-corrected chi connectivity index (χ1v) is 11.3. The van der Waals surface area contributed by atoms with E-state index >= 15 is 0 Å². The summed E-state index contributed by atoms with van der Waals surface area (Å²) in [7, 11) is 0. The monoisotopic (exact) mass is 484 g/mol. The molecule has 182 valence electrons. The molecule has 3 aromatic heterocycles. The molecule has 10 heteroatoms. The van der Waals surface area contributed by atoms with Gasteiger partial charge in [0.2, 0.25) is 0 Å². The summed E-state index contributed by atoms with van der Waals surface area (Å²) >= 11 is 0. The van der Waals surface area contributed by atoms with Crippen LogP contribution in [-0.4, -0.2) is 30.4 Å². The van der Waals surface area contributed by atoms with Gasteiger partial charge in [0.05, 0.1) is 17.6 Å². The number of hydrogen-bond acceptors (Lipinski definition) is 5. The maximum atomic E-state index is 13.4. The highest BCUT2D eigenvalue weighted by molar-refractivity contribution is 5.99. The van der Waals surface area contributed by atoms with E-state index in [1.807, 2.05) is 39.0 Å². The summed E-state index contributed by atoms with van der Waals surface area (Å²) in [6, 6.07) is 16.3. The molecule has 2 aromatic carbocycles. The van der Waals surface area contributed by atoms with Gasteiger partial charge < -0.3 is 11.1 Å². The Hall–Kier alpha value is -4.73. The fourth-order valence-corrected chi connectivity index (χ4v) is 3.74. The molecule has 5 aromatic rings. The maximum Gasteiger partial charge on any atom is 0.324 e. The largest absolute Gasteiger partial charge is 0.383 e. The minimum atomic E-state index is -0.439. The highest BCUT2D eigenvalue weighted by Gasteiger charge is 2.21. The van der Waals surface area contributed by atoms with Gasteiger partial charge in [-0.25, -0.2) is 18.9 Å². The molecule has 0 aliphatic rings. The number of aromatic nitrogens is 5. The third-order valence-corrected chi connectivity index (χ3v) is 5.70. The minimum absolute atomic E-state index is 0.246. The number of urea groups is 1. The van der Waals surface area contributed by atoms with Crippen molar-refractivity contribution in [3.63, 3.8) is 0 Å². The van der Waals surface area contributed by atoms with Crippen LogP contribution in [0.4, 0.5) is 26.5 Å². The van der Waals surface area contributed by atoms with E-state index < -0.39 is 6.03 Å². The fourth-order valence-electron chi connectivity index (χ4n) is 3.74. The second kappa shape index (κ2) is 8.81. The number of nitrogens with one attached hydrogen (secondary N) is 2. The molecule has 0 aliphatic carbocycles. The van der Waals surface area contributed by atoms with Crippen molar-refractivity contribution in [3.05, 3.63) is 84.6 Å². The summed E-state index contributed by atoms with van der Waals surface area (Å²) in [5, 5.41) is 14.5. The summed E-state index contributed by atoms with van der Waals surface area (Å²) in [6.45, 7) is 6.09. The molecule has 0 bridgehead atoms. The number of benzene rings is 2. The number of hydrogen-bond donors (Lipinski definition) is 3. The first-order chi connectivity index (χ1) is 17.2. The quantitative estimate of drug-likeness (QED) is 0.322. The molecule has 2 amide bonds. The number of carbonyl (C=O) groups is 1. The number of amides is 2. The van der Waals surface area contributed by atoms with E-state index in [0.29, 0.717) is 28.7 Å². The van der Waals surface area contributed by atoms with Crippen molar-refractivity contribution in [3.8, 4) is 16.8 Å². The number of halogens is 1. The Kier molecular flexibility index (Phi) is 5.63. The standard InChI is InChI=1S/C26H25FN8O/c1-26(2,3)21-14-23(34(33-21)19-10-6-17(27)7-11-19)32-25(36)31-18-8-4-16(5-9-18)20-15-29-22-12-13-30-35(22)24(20)28/h4-15H,28H2,1-3H3,(H2,31,32,36). The molecule has 4 N–H and O–H groups in total. The lowest BCUT2D eigenvalue weighted by molar-refractivity contribution is 0.262. The first-order valence-electron chi connectivity index (χ1n) is 11.3. The van der Waals surface area contributed by atoms with Crippen molar-refractivity contribution in [2.45, 2.75) is 26.2 Å². The van der Waals surface area contributed by atoms with E-state index in [2.05, 4.69) is 25.8 Å². The first kappa shape index (κ1) is 23.0. The van der Waals surface area contributed by atoms with Crippen molar-refractivity contribution >= 4 is 29.0 Å². The molecule has 9 nitrogen and oxygen atoms in total. The van der Waals surface area contributed by atoms with Crippen LogP contribution in [0.1, 0.15) is 26.5 Å². The number of nitrogens with two attached hydrogens (primary N) is 1. The van der Waals surface area contributed by atoms with E-state index in [9.17, 15) is 9.18 Å². The van der Waals surface area contributed by atoms with Crippen LogP contribution in [0.25, 0.3) is 22.5 Å². The van der Waals surface area contributed by atoms with Crippen LogP contribution in [-0.2, 0) is 5.41 Å². The van der Waals surface area contributed by atoms with Crippen molar-refractivity contribution in [2.75, 3.05) is 16.4 Å². The zero-order chi connectivity index (χ0) is 25.4. The summed E-state index contributed by atoms with van der Waals surface area (Å²) in [6.07, 6.45) is 3.34. The molecule has 0 fully saturated rings. The maximum absolute atomic E-state index is 13.4. The second-order valence-corrected chi connectivity index (χ2v) is 9.37. The zero-order valence-corrected chi connectivity index (χ0v) is 20.0. The Bertz CT molecular complexity index is 1550. The van der Waals surface area contributed by atoms with Crippen molar-refractivity contribution < 1.29 is 9.18 Å². The Morgan fingerprint density at radius 3 is 2.42 bits per heavy atom. The average Bonchev–Trinajstić information content (AvgIpc) is 3.48. The van der Waals surface area contributed by atoms with Crippen molar-refractivity contribution in [1.29, 1.82) is 0 Å². The molecule has 0 atom stereocenters. The van der Waals surface area contributed by atoms with Crippen LogP contribution in [0.2, 0.25) is 0 Å². The highest BCUT2D eigenvalue weighted by Crippen LogP contribution is 2.28. The highest BCUT2D eigenvalue weighted by atomic mass is 19.1. The summed E-state index contributed by atoms with van der Waals surface area (Å²) in [4.78, 5) is 17.2. The molecule has 0 radical (unpaired) electrons. The molecule has 3 heterocycles. The van der Waals surface area contributed by atoms with Crippen LogP contribution in [0.5, 0.6) is 0 Å². The van der Waals surface area contributed by atoms with E-state index in [1.54, 1.807) is 51.9 Å². The van der Waals surface area contributed by atoms with Crippen LogP contribution >= 0.6 is 0 Å². The number of nitrogens with zero attached hydrogens (tertiary/aromatic N) is 5. The Balaban J connectivity index is 1.35. The molecule has 0 saturated heterocycles. The lowest BCUT2D eigenvalue weighted by atomic mass is 9.92. The molecule has 0 spiro atoms. The van der Waals surface area contributed by atoms with Gasteiger partial charge in [-0.15, -0.1) is 0 Å².